The van der Waals surface area contributed by atoms with Crippen molar-refractivity contribution in [2.24, 2.45) is 0 Å². The minimum absolute atomic E-state index is 0.271. The molecule has 1 saturated heterocycles. The van der Waals surface area contributed by atoms with E-state index in [1.54, 1.807) is 4.90 Å². The van der Waals surface area contributed by atoms with Crippen molar-refractivity contribution < 1.29 is 19.4 Å². The summed E-state index contributed by atoms with van der Waals surface area (Å²) in [5.41, 5.74) is 2.09. The number of amides is 1. The van der Waals surface area contributed by atoms with Crippen LogP contribution in [0.15, 0.2) is 0 Å². The van der Waals surface area contributed by atoms with Gasteiger partial charge in [-0.05, 0) is 40.5 Å². The molecule has 1 rings (SSSR count). The Labute approximate surface area is 141 Å². The maximum Gasteiger partial charge on any atom is 0.412 e. The number of rotatable bonds is 4. The van der Waals surface area contributed by atoms with E-state index < -0.39 is 19.9 Å². The highest BCUT2D eigenvalue weighted by Crippen LogP contribution is 2.34. The number of aliphatic hydroxyl groups excluding tert-OH is 1. The number of carbonyl (C=O) groups excluding carboxylic acids is 1. The summed E-state index contributed by atoms with van der Waals surface area (Å²) in [5, 5.41) is 9.83. The lowest BCUT2D eigenvalue weighted by Gasteiger charge is -2.36. The van der Waals surface area contributed by atoms with Gasteiger partial charge in [0, 0.05) is 0 Å². The Hall–Kier alpha value is -1.03. The van der Waals surface area contributed by atoms with Crippen LogP contribution in [0.2, 0.25) is 19.6 Å². The van der Waals surface area contributed by atoms with Crippen molar-refractivity contribution in [1.29, 1.82) is 0 Å². The zero-order valence-electron chi connectivity index (χ0n) is 15.5. The molecule has 1 aliphatic heterocycles. The number of nitrogens with zero attached hydrogens (tertiary/aromatic N) is 1. The van der Waals surface area contributed by atoms with Gasteiger partial charge in [0.1, 0.15) is 19.9 Å². The lowest BCUT2D eigenvalue weighted by atomic mass is 10.0. The molecule has 0 bridgehead atoms. The van der Waals surface area contributed by atoms with Gasteiger partial charge in [0.05, 0.1) is 18.8 Å². The lowest BCUT2D eigenvalue weighted by Crippen LogP contribution is -2.52. The predicted octanol–water partition coefficient (Wildman–Crippen LogP) is 2.99. The van der Waals surface area contributed by atoms with Crippen LogP contribution in [0.1, 0.15) is 40.5 Å². The minimum atomic E-state index is -1.46. The van der Waals surface area contributed by atoms with Gasteiger partial charge in [0.2, 0.25) is 0 Å². The van der Waals surface area contributed by atoms with Crippen molar-refractivity contribution in [3.05, 3.63) is 0 Å². The van der Waals surface area contributed by atoms with E-state index in [1.165, 1.54) is 0 Å². The smallest absolute Gasteiger partial charge is 0.412 e. The molecule has 23 heavy (non-hydrogen) atoms. The number of carbonyl (C=O) groups is 1. The van der Waals surface area contributed by atoms with Crippen LogP contribution in [0.3, 0.4) is 0 Å². The summed E-state index contributed by atoms with van der Waals surface area (Å²) in [4.78, 5) is 14.0. The highest BCUT2D eigenvalue weighted by molar-refractivity contribution is 6.83. The van der Waals surface area contributed by atoms with Crippen LogP contribution in [0.5, 0.6) is 0 Å². The highest BCUT2D eigenvalue weighted by atomic mass is 28.3. The Morgan fingerprint density at radius 3 is 2.43 bits per heavy atom. The quantitative estimate of drug-likeness (QED) is 0.485. The molecule has 1 aliphatic rings. The first-order valence-corrected chi connectivity index (χ1v) is 11.7. The van der Waals surface area contributed by atoms with Gasteiger partial charge in [-0.1, -0.05) is 25.6 Å². The van der Waals surface area contributed by atoms with Crippen LogP contribution < -0.4 is 0 Å². The number of ether oxygens (including phenoxy) is 2. The van der Waals surface area contributed by atoms with Crippen LogP contribution in [0, 0.1) is 11.5 Å². The van der Waals surface area contributed by atoms with E-state index >= 15 is 0 Å². The molecular formula is C17H31NO4Si. The Kier molecular flexibility index (Phi) is 6.30. The fourth-order valence-electron chi connectivity index (χ4n) is 2.55. The van der Waals surface area contributed by atoms with Crippen LogP contribution >= 0.6 is 0 Å². The molecule has 0 saturated carbocycles. The summed E-state index contributed by atoms with van der Waals surface area (Å²) in [7, 11) is -1.46. The average molecular weight is 342 g/mol. The van der Waals surface area contributed by atoms with E-state index in [0.717, 1.165) is 0 Å². The van der Waals surface area contributed by atoms with Crippen LogP contribution in [-0.4, -0.2) is 54.8 Å². The summed E-state index contributed by atoms with van der Waals surface area (Å²) in [6, 6.07) is 0. The van der Waals surface area contributed by atoms with Crippen molar-refractivity contribution in [2.45, 2.75) is 77.5 Å². The third-order valence-corrected chi connectivity index (χ3v) is 4.46. The van der Waals surface area contributed by atoms with Gasteiger partial charge in [-0.25, -0.2) is 4.79 Å². The molecule has 0 aromatic rings. The van der Waals surface area contributed by atoms with E-state index in [-0.39, 0.29) is 18.2 Å². The fourth-order valence-corrected chi connectivity index (χ4v) is 3.15. The molecule has 0 radical (unpaired) electrons. The topological polar surface area (TPSA) is 59.0 Å². The van der Waals surface area contributed by atoms with Crippen molar-refractivity contribution in [3.63, 3.8) is 0 Å². The Morgan fingerprint density at radius 1 is 1.35 bits per heavy atom. The van der Waals surface area contributed by atoms with Crippen molar-refractivity contribution in [1.82, 2.24) is 4.90 Å². The number of hydrogen-bond donors (Lipinski definition) is 1. The van der Waals surface area contributed by atoms with Gasteiger partial charge in [-0.3, -0.25) is 4.90 Å². The average Bonchev–Trinajstić information content (AvgIpc) is 2.60. The number of hydrogen-bond acceptors (Lipinski definition) is 4. The van der Waals surface area contributed by atoms with Gasteiger partial charge in [-0.2, -0.15) is 0 Å². The Balaban J connectivity index is 2.41. The third-order valence-electron chi connectivity index (χ3n) is 3.57. The van der Waals surface area contributed by atoms with E-state index in [2.05, 4.69) is 31.1 Å². The van der Waals surface area contributed by atoms with E-state index in [0.29, 0.717) is 19.4 Å². The first-order valence-electron chi connectivity index (χ1n) is 8.17. The van der Waals surface area contributed by atoms with Gasteiger partial charge >= 0.3 is 6.09 Å². The maximum atomic E-state index is 12.3. The molecule has 1 atom stereocenters. The Bertz CT molecular complexity index is 469. The lowest BCUT2D eigenvalue weighted by molar-refractivity contribution is -0.0520. The zero-order valence-corrected chi connectivity index (χ0v) is 16.5. The second kappa shape index (κ2) is 7.25. The van der Waals surface area contributed by atoms with Gasteiger partial charge in [0.15, 0.2) is 0 Å². The molecule has 1 unspecified atom stereocenters. The van der Waals surface area contributed by atoms with Crippen LogP contribution in [0.25, 0.3) is 0 Å². The molecule has 0 aliphatic carbocycles. The molecule has 132 valence electrons. The predicted molar refractivity (Wildman–Crippen MR) is 93.7 cm³/mol. The second-order valence-electron chi connectivity index (χ2n) is 8.18. The Morgan fingerprint density at radius 2 is 1.96 bits per heavy atom. The highest BCUT2D eigenvalue weighted by Gasteiger charge is 2.49. The van der Waals surface area contributed by atoms with Crippen molar-refractivity contribution in [2.75, 3.05) is 13.2 Å². The summed E-state index contributed by atoms with van der Waals surface area (Å²) < 4.78 is 11.0. The summed E-state index contributed by atoms with van der Waals surface area (Å²) in [6.45, 7) is 14.8. The summed E-state index contributed by atoms with van der Waals surface area (Å²) >= 11 is 0. The molecule has 1 N–H and O–H groups in total. The molecular weight excluding hydrogens is 310 g/mol. The van der Waals surface area contributed by atoms with Gasteiger partial charge in [0.25, 0.3) is 0 Å². The minimum Gasteiger partial charge on any atom is -0.449 e. The zero-order chi connectivity index (χ0) is 17.9. The molecule has 5 nitrogen and oxygen atoms in total. The summed E-state index contributed by atoms with van der Waals surface area (Å²) in [5.74, 6) is 2.89. The van der Waals surface area contributed by atoms with Crippen LogP contribution in [0.4, 0.5) is 4.79 Å². The van der Waals surface area contributed by atoms with Crippen LogP contribution in [-0.2, 0) is 9.47 Å². The SMILES string of the molecule is CC1(C)COC(C)(C)N1C(=O)OCCCC(O)C#C[Si](C)(C)C. The molecule has 1 heterocycles. The van der Waals surface area contributed by atoms with Gasteiger partial charge < -0.3 is 14.6 Å². The van der Waals surface area contributed by atoms with E-state index in [4.69, 9.17) is 9.47 Å². The number of aliphatic hydroxyl groups is 1. The molecule has 1 amide bonds. The third kappa shape index (κ3) is 6.17. The first-order chi connectivity index (χ1) is 10.4. The van der Waals surface area contributed by atoms with Crippen molar-refractivity contribution in [3.8, 4) is 11.5 Å². The fraction of sp³-hybridized carbons (Fsp3) is 0.824. The van der Waals surface area contributed by atoms with E-state index in [9.17, 15) is 9.90 Å². The molecule has 6 heteroatoms. The molecule has 1 fully saturated rings. The second-order valence-corrected chi connectivity index (χ2v) is 12.9. The standard InChI is InChI=1S/C17H31NO4Si/c1-16(2)13-22-17(3,4)18(16)15(20)21-11-8-9-14(19)10-12-23(5,6)7/h14,19H,8-9,11,13H2,1-7H3. The largest absolute Gasteiger partial charge is 0.449 e. The molecule has 0 aromatic heterocycles. The molecule has 0 aromatic carbocycles. The monoisotopic (exact) mass is 341 g/mol. The summed E-state index contributed by atoms with van der Waals surface area (Å²) in [6.07, 6.45) is 0.0697. The maximum absolute atomic E-state index is 12.3. The van der Waals surface area contributed by atoms with Gasteiger partial charge in [-0.15, -0.1) is 5.54 Å². The molecule has 0 spiro atoms. The normalized spacial score (nSPS) is 20.6. The van der Waals surface area contributed by atoms with Crippen molar-refractivity contribution >= 4 is 14.2 Å². The van der Waals surface area contributed by atoms with E-state index in [1.807, 2.05) is 27.7 Å². The first kappa shape index (κ1) is 20.0.